The smallest absolute Gasteiger partial charge is 0.497 e. The van der Waals surface area contributed by atoms with Crippen LogP contribution in [0.4, 0.5) is 0 Å². The van der Waals surface area contributed by atoms with E-state index in [2.05, 4.69) is 28.8 Å². The maximum atomic E-state index is 5.45. The summed E-state index contributed by atoms with van der Waals surface area (Å²) >= 11 is 1.57. The van der Waals surface area contributed by atoms with E-state index in [1.807, 2.05) is 38.2 Å². The zero-order chi connectivity index (χ0) is 19.1. The van der Waals surface area contributed by atoms with Crippen molar-refractivity contribution in [2.75, 3.05) is 14.2 Å². The van der Waals surface area contributed by atoms with Gasteiger partial charge in [-0.2, -0.15) is 0 Å². The third kappa shape index (κ3) is 6.14. The van der Waals surface area contributed by atoms with Crippen molar-refractivity contribution in [2.24, 2.45) is 0 Å². The van der Waals surface area contributed by atoms with E-state index in [1.165, 1.54) is 6.42 Å². The van der Waals surface area contributed by atoms with E-state index < -0.39 is 0 Å². The molecule has 0 aliphatic carbocycles. The Morgan fingerprint density at radius 2 is 1.81 bits per heavy atom. The van der Waals surface area contributed by atoms with Crippen LogP contribution in [-0.2, 0) is 5.75 Å². The minimum atomic E-state index is 0. The molecule has 0 aliphatic rings. The molecule has 0 amide bonds. The van der Waals surface area contributed by atoms with Gasteiger partial charge >= 0.3 is 29.6 Å². The third-order valence-electron chi connectivity index (χ3n) is 3.70. The topological polar surface area (TPSA) is 58.3 Å². The quantitative estimate of drug-likeness (QED) is 0.486. The average molecular weight is 396 g/mol. The Labute approximate surface area is 188 Å². The van der Waals surface area contributed by atoms with Crippen LogP contribution in [0.3, 0.4) is 0 Å². The van der Waals surface area contributed by atoms with Crippen molar-refractivity contribution in [3.05, 3.63) is 41.2 Å². The number of hydrogen-bond donors (Lipinski definition) is 0. The molecule has 1 aromatic carbocycles. The van der Waals surface area contributed by atoms with Crippen LogP contribution in [0.1, 0.15) is 37.1 Å². The van der Waals surface area contributed by atoms with Crippen LogP contribution < -0.4 is 44.0 Å². The Kier molecular flexibility index (Phi) is 10.2. The summed E-state index contributed by atoms with van der Waals surface area (Å²) in [4.78, 5) is 13.6. The minimum Gasteiger partial charge on any atom is -0.497 e. The summed E-state index contributed by atoms with van der Waals surface area (Å²) in [5.74, 6) is 2.39. The van der Waals surface area contributed by atoms with Crippen LogP contribution in [-0.4, -0.2) is 24.2 Å². The van der Waals surface area contributed by atoms with Crippen molar-refractivity contribution in [3.8, 4) is 11.5 Å². The summed E-state index contributed by atoms with van der Waals surface area (Å²) in [7, 11) is 3.33. The first-order valence-electron chi connectivity index (χ1n) is 8.64. The molecule has 140 valence electrons. The Morgan fingerprint density at radius 3 is 2.44 bits per heavy atom. The summed E-state index contributed by atoms with van der Waals surface area (Å²) in [6.45, 7) is 8.28. The number of aromatic nitrogens is 3. The van der Waals surface area contributed by atoms with Gasteiger partial charge in [-0.05, 0) is 42.2 Å². The van der Waals surface area contributed by atoms with Crippen LogP contribution in [0, 0.1) is 13.8 Å². The first-order valence-corrected chi connectivity index (χ1v) is 9.62. The number of nitrogens with zero attached hydrogens (tertiary/aromatic N) is 3. The molecule has 0 aliphatic heterocycles. The van der Waals surface area contributed by atoms with Gasteiger partial charge in [0.25, 0.3) is 0 Å². The van der Waals surface area contributed by atoms with Gasteiger partial charge in [-0.3, -0.25) is 4.98 Å². The van der Waals surface area contributed by atoms with E-state index in [9.17, 15) is 0 Å². The molecule has 0 bridgehead atoms. The number of imidazole rings is 1. The minimum absolute atomic E-state index is 0. The zero-order valence-electron chi connectivity index (χ0n) is 17.3. The van der Waals surface area contributed by atoms with E-state index in [-0.39, 0.29) is 29.6 Å². The van der Waals surface area contributed by atoms with Crippen molar-refractivity contribution < 1.29 is 39.0 Å². The van der Waals surface area contributed by atoms with Gasteiger partial charge in [0, 0.05) is 23.1 Å². The molecule has 7 heteroatoms. The maximum absolute atomic E-state index is 5.45. The molecular formula is C20H26N3NaO2S. The Hall–Kier alpha value is -1.21. The molecule has 0 unspecified atom stereocenters. The van der Waals surface area contributed by atoms with Crippen LogP contribution in [0.25, 0.3) is 11.0 Å². The summed E-state index contributed by atoms with van der Waals surface area (Å²) in [6.07, 6.45) is 3.09. The second kappa shape index (κ2) is 11.6. The SMILES string of the molecule is CCC.COc1ccc2[n-]c(SCc3ncc(C)c(OC)c3C)nc2c1.[Na+]. The number of rotatable bonds is 5. The first kappa shape index (κ1) is 23.8. The van der Waals surface area contributed by atoms with E-state index >= 15 is 0 Å². The standard InChI is InChI=1S/C17H18N3O2S.C3H8.Na/c1-10-8-18-15(11(2)16(10)22-4)9-23-17-19-13-6-5-12(21-3)7-14(13)20-17;1-3-2;/h5-8H,9H2,1-4H3;3H2,1-2H3;/q-1;;+1. The fourth-order valence-electron chi connectivity index (χ4n) is 2.46. The molecule has 2 aromatic heterocycles. The summed E-state index contributed by atoms with van der Waals surface area (Å²) in [5.41, 5.74) is 4.82. The molecule has 0 radical (unpaired) electrons. The van der Waals surface area contributed by atoms with Crippen molar-refractivity contribution in [3.63, 3.8) is 0 Å². The van der Waals surface area contributed by atoms with Gasteiger partial charge in [-0.25, -0.2) is 0 Å². The molecule has 0 saturated carbocycles. The molecule has 27 heavy (non-hydrogen) atoms. The first-order chi connectivity index (χ1) is 12.5. The van der Waals surface area contributed by atoms with E-state index in [1.54, 1.807) is 26.0 Å². The Morgan fingerprint density at radius 1 is 1.11 bits per heavy atom. The summed E-state index contributed by atoms with van der Waals surface area (Å²) in [5, 5.41) is 0.744. The average Bonchev–Trinajstić information content (AvgIpc) is 3.04. The van der Waals surface area contributed by atoms with Crippen molar-refractivity contribution in [1.29, 1.82) is 0 Å². The predicted molar refractivity (Wildman–Crippen MR) is 107 cm³/mol. The fourth-order valence-corrected chi connectivity index (χ4v) is 3.34. The number of thioether (sulfide) groups is 1. The number of aryl methyl sites for hydroxylation is 1. The number of ether oxygens (including phenoxy) is 2. The van der Waals surface area contributed by atoms with Gasteiger partial charge in [0.2, 0.25) is 0 Å². The molecule has 0 fully saturated rings. The zero-order valence-corrected chi connectivity index (χ0v) is 20.1. The second-order valence-corrected chi connectivity index (χ2v) is 6.85. The molecular weight excluding hydrogens is 369 g/mol. The second-order valence-electron chi connectivity index (χ2n) is 5.90. The number of methoxy groups -OCH3 is 2. The van der Waals surface area contributed by atoms with Gasteiger partial charge in [0.05, 0.1) is 19.9 Å². The molecule has 5 nitrogen and oxygen atoms in total. The number of pyridine rings is 1. The molecule has 3 rings (SSSR count). The van der Waals surface area contributed by atoms with E-state index in [0.717, 1.165) is 44.5 Å². The van der Waals surface area contributed by atoms with Gasteiger partial charge in [0.15, 0.2) is 0 Å². The number of fused-ring (bicyclic) bond motifs is 1. The normalized spacial score (nSPS) is 10.0. The monoisotopic (exact) mass is 395 g/mol. The molecule has 3 aromatic rings. The van der Waals surface area contributed by atoms with Crippen LogP contribution in [0.5, 0.6) is 11.5 Å². The van der Waals surface area contributed by atoms with Crippen molar-refractivity contribution >= 4 is 22.8 Å². The van der Waals surface area contributed by atoms with Gasteiger partial charge in [-0.1, -0.05) is 26.3 Å². The third-order valence-corrected chi connectivity index (χ3v) is 4.56. The largest absolute Gasteiger partial charge is 1.00 e. The van der Waals surface area contributed by atoms with Gasteiger partial charge in [0.1, 0.15) is 11.5 Å². The maximum Gasteiger partial charge on any atom is 1.00 e. The molecule has 2 heterocycles. The molecule has 0 spiro atoms. The fraction of sp³-hybridized carbons (Fsp3) is 0.400. The van der Waals surface area contributed by atoms with Gasteiger partial charge in [-0.15, -0.1) is 11.8 Å². The number of benzene rings is 1. The molecule has 0 saturated heterocycles. The Bertz CT molecular complexity index is 868. The number of hydrogen-bond acceptors (Lipinski definition) is 5. The predicted octanol–water partition coefficient (Wildman–Crippen LogP) is 1.93. The van der Waals surface area contributed by atoms with Gasteiger partial charge < -0.3 is 19.4 Å². The molecule has 0 N–H and O–H groups in total. The van der Waals surface area contributed by atoms with Crippen molar-refractivity contribution in [1.82, 2.24) is 15.0 Å². The van der Waals surface area contributed by atoms with Crippen LogP contribution >= 0.6 is 11.8 Å². The van der Waals surface area contributed by atoms with E-state index in [4.69, 9.17) is 9.47 Å². The summed E-state index contributed by atoms with van der Waals surface area (Å²) < 4.78 is 10.7. The summed E-state index contributed by atoms with van der Waals surface area (Å²) in [6, 6.07) is 5.70. The van der Waals surface area contributed by atoms with Crippen LogP contribution in [0.15, 0.2) is 29.6 Å². The van der Waals surface area contributed by atoms with Crippen LogP contribution in [0.2, 0.25) is 0 Å². The van der Waals surface area contributed by atoms with E-state index in [0.29, 0.717) is 5.75 Å². The molecule has 0 atom stereocenters. The van der Waals surface area contributed by atoms with Crippen molar-refractivity contribution in [2.45, 2.75) is 45.0 Å². The Balaban J connectivity index is 0.000000855.